The van der Waals surface area contributed by atoms with Gasteiger partial charge in [0, 0.05) is 6.54 Å². The van der Waals surface area contributed by atoms with Crippen molar-refractivity contribution in [1.29, 1.82) is 0 Å². The molecule has 3 atom stereocenters. The zero-order valence-electron chi connectivity index (χ0n) is 14.6. The Morgan fingerprint density at radius 3 is 2.52 bits per heavy atom. The van der Waals surface area contributed by atoms with Crippen molar-refractivity contribution in [2.45, 2.75) is 44.3 Å². The predicted octanol–water partition coefficient (Wildman–Crippen LogP) is -1.84. The van der Waals surface area contributed by atoms with Crippen LogP contribution in [0.1, 0.15) is 26.2 Å². The van der Waals surface area contributed by atoms with Crippen LogP contribution in [0.5, 0.6) is 0 Å². The Labute approximate surface area is 151 Å². The monoisotopic (exact) mass is 373 g/mol. The molecular weight excluding hydrogens is 346 g/mol. The highest BCUT2D eigenvalue weighted by Crippen LogP contribution is 2.19. The molecule has 1 rings (SSSR count). The third-order valence-electron chi connectivity index (χ3n) is 4.04. The second kappa shape index (κ2) is 10.2. The molecule has 9 nitrogen and oxygen atoms in total. The van der Waals surface area contributed by atoms with Crippen molar-refractivity contribution in [2.75, 3.05) is 25.1 Å². The number of carbonyl (C=O) groups excluding carboxylic acids is 4. The lowest BCUT2D eigenvalue weighted by Crippen LogP contribution is -2.55. The van der Waals surface area contributed by atoms with E-state index in [9.17, 15) is 19.2 Å². The summed E-state index contributed by atoms with van der Waals surface area (Å²) in [6.45, 7) is 1.76. The fraction of sp³-hybridized carbons (Fsp3) is 0.733. The number of nitrogens with one attached hydrogen (secondary N) is 2. The zero-order valence-corrected chi connectivity index (χ0v) is 15.4. The number of nitrogens with zero attached hydrogens (tertiary/aromatic N) is 1. The zero-order chi connectivity index (χ0) is 19.0. The molecule has 4 amide bonds. The fourth-order valence-corrected chi connectivity index (χ4v) is 3.17. The molecule has 1 heterocycles. The Hall–Kier alpha value is -1.81. The topological polar surface area (TPSA) is 148 Å². The molecule has 25 heavy (non-hydrogen) atoms. The summed E-state index contributed by atoms with van der Waals surface area (Å²) in [5, 5.41) is 5.13. The Balaban J connectivity index is 2.71. The molecule has 0 aliphatic carbocycles. The molecule has 1 aliphatic heterocycles. The molecule has 0 spiro atoms. The van der Waals surface area contributed by atoms with E-state index in [0.29, 0.717) is 31.6 Å². The van der Waals surface area contributed by atoms with Crippen molar-refractivity contribution >= 4 is 35.4 Å². The van der Waals surface area contributed by atoms with Gasteiger partial charge in [-0.15, -0.1) is 0 Å². The third-order valence-corrected chi connectivity index (χ3v) is 4.69. The molecule has 0 aromatic rings. The molecule has 1 aliphatic rings. The normalized spacial score (nSPS) is 19.2. The average molecular weight is 373 g/mol. The van der Waals surface area contributed by atoms with Gasteiger partial charge in [-0.3, -0.25) is 19.2 Å². The number of rotatable bonds is 9. The van der Waals surface area contributed by atoms with E-state index in [2.05, 4.69) is 10.6 Å². The second-order valence-electron chi connectivity index (χ2n) is 5.93. The van der Waals surface area contributed by atoms with Gasteiger partial charge >= 0.3 is 0 Å². The number of hydrogen-bond donors (Lipinski definition) is 4. The van der Waals surface area contributed by atoms with Crippen LogP contribution in [0.15, 0.2) is 0 Å². The number of amides is 4. The first-order chi connectivity index (χ1) is 11.8. The van der Waals surface area contributed by atoms with E-state index in [4.69, 9.17) is 11.5 Å². The summed E-state index contributed by atoms with van der Waals surface area (Å²) >= 11 is 1.55. The largest absolute Gasteiger partial charge is 0.368 e. The number of carbonyl (C=O) groups is 4. The molecule has 0 bridgehead atoms. The van der Waals surface area contributed by atoms with Gasteiger partial charge in [-0.05, 0) is 38.2 Å². The molecule has 142 valence electrons. The van der Waals surface area contributed by atoms with Crippen LogP contribution < -0.4 is 22.1 Å². The maximum absolute atomic E-state index is 12.5. The average Bonchev–Trinajstić information content (AvgIpc) is 3.06. The summed E-state index contributed by atoms with van der Waals surface area (Å²) in [4.78, 5) is 49.3. The molecule has 0 aromatic heterocycles. The highest BCUT2D eigenvalue weighted by molar-refractivity contribution is 7.98. The molecule has 10 heteroatoms. The van der Waals surface area contributed by atoms with Crippen LogP contribution in [-0.2, 0) is 19.2 Å². The number of nitrogens with two attached hydrogens (primary N) is 2. The fourth-order valence-electron chi connectivity index (χ4n) is 2.70. The van der Waals surface area contributed by atoms with Crippen LogP contribution in [0.2, 0.25) is 0 Å². The summed E-state index contributed by atoms with van der Waals surface area (Å²) in [6.07, 6.45) is 3.51. The minimum Gasteiger partial charge on any atom is -0.368 e. The second-order valence-corrected chi connectivity index (χ2v) is 6.91. The highest BCUT2D eigenvalue weighted by Gasteiger charge is 2.37. The van der Waals surface area contributed by atoms with Gasteiger partial charge in [0.1, 0.15) is 18.1 Å². The number of primary amides is 1. The summed E-state index contributed by atoms with van der Waals surface area (Å²) in [6, 6.07) is -2.19. The Kier molecular flexibility index (Phi) is 8.70. The molecule has 0 unspecified atom stereocenters. The SMILES string of the molecule is CSCC[C@H](NC(=O)[C@@H]1CCCN1C(=O)[C@H](C)NC(=O)CN)C(N)=O. The van der Waals surface area contributed by atoms with Gasteiger partial charge in [0.25, 0.3) is 0 Å². The minimum absolute atomic E-state index is 0.211. The number of thioether (sulfide) groups is 1. The van der Waals surface area contributed by atoms with E-state index in [1.165, 1.54) is 4.90 Å². The van der Waals surface area contributed by atoms with Crippen LogP contribution in [0.3, 0.4) is 0 Å². The van der Waals surface area contributed by atoms with Crippen molar-refractivity contribution in [3.8, 4) is 0 Å². The first-order valence-corrected chi connectivity index (χ1v) is 9.59. The summed E-state index contributed by atoms with van der Waals surface area (Å²) < 4.78 is 0. The van der Waals surface area contributed by atoms with Gasteiger partial charge in [-0.2, -0.15) is 11.8 Å². The van der Waals surface area contributed by atoms with Crippen LogP contribution in [-0.4, -0.2) is 71.8 Å². The molecule has 0 saturated carbocycles. The lowest BCUT2D eigenvalue weighted by atomic mass is 10.1. The predicted molar refractivity (Wildman–Crippen MR) is 95.5 cm³/mol. The molecule has 1 saturated heterocycles. The van der Waals surface area contributed by atoms with Gasteiger partial charge in [-0.25, -0.2) is 0 Å². The van der Waals surface area contributed by atoms with Gasteiger partial charge in [0.15, 0.2) is 0 Å². The van der Waals surface area contributed by atoms with E-state index >= 15 is 0 Å². The van der Waals surface area contributed by atoms with Gasteiger partial charge in [-0.1, -0.05) is 0 Å². The quantitative estimate of drug-likeness (QED) is 0.373. The van der Waals surface area contributed by atoms with E-state index in [1.54, 1.807) is 18.7 Å². The van der Waals surface area contributed by atoms with E-state index in [-0.39, 0.29) is 12.5 Å². The Bertz CT molecular complexity index is 516. The molecule has 0 aromatic carbocycles. The molecule has 0 radical (unpaired) electrons. The van der Waals surface area contributed by atoms with E-state index in [1.807, 2.05) is 6.26 Å². The van der Waals surface area contributed by atoms with Crippen molar-refractivity contribution in [1.82, 2.24) is 15.5 Å². The van der Waals surface area contributed by atoms with E-state index < -0.39 is 35.8 Å². The van der Waals surface area contributed by atoms with Crippen molar-refractivity contribution in [2.24, 2.45) is 11.5 Å². The van der Waals surface area contributed by atoms with Crippen molar-refractivity contribution < 1.29 is 19.2 Å². The van der Waals surface area contributed by atoms with Gasteiger partial charge in [0.05, 0.1) is 6.54 Å². The number of hydrogen-bond acceptors (Lipinski definition) is 6. The lowest BCUT2D eigenvalue weighted by Gasteiger charge is -2.28. The summed E-state index contributed by atoms with van der Waals surface area (Å²) in [7, 11) is 0. The van der Waals surface area contributed by atoms with E-state index in [0.717, 1.165) is 0 Å². The van der Waals surface area contributed by atoms with Crippen LogP contribution in [0.4, 0.5) is 0 Å². The first kappa shape index (κ1) is 21.2. The minimum atomic E-state index is -0.770. The molecular formula is C15H27N5O4S. The summed E-state index contributed by atoms with van der Waals surface area (Å²) in [5.41, 5.74) is 10.6. The number of likely N-dealkylation sites (tertiary alicyclic amines) is 1. The standard InChI is InChI=1S/C15H27N5O4S/c1-9(18-12(21)8-16)15(24)20-6-3-4-11(20)14(23)19-10(13(17)22)5-7-25-2/h9-11H,3-8,16H2,1-2H3,(H2,17,22)(H,18,21)(H,19,23)/t9-,10-,11-/m0/s1. The maximum Gasteiger partial charge on any atom is 0.245 e. The molecule has 1 fully saturated rings. The Morgan fingerprint density at radius 2 is 1.96 bits per heavy atom. The van der Waals surface area contributed by atoms with Crippen LogP contribution in [0, 0.1) is 0 Å². The van der Waals surface area contributed by atoms with Crippen LogP contribution >= 0.6 is 11.8 Å². The third kappa shape index (κ3) is 6.20. The first-order valence-electron chi connectivity index (χ1n) is 8.20. The molecule has 6 N–H and O–H groups in total. The Morgan fingerprint density at radius 1 is 1.28 bits per heavy atom. The van der Waals surface area contributed by atoms with Gasteiger partial charge < -0.3 is 27.0 Å². The van der Waals surface area contributed by atoms with Crippen molar-refractivity contribution in [3.05, 3.63) is 0 Å². The van der Waals surface area contributed by atoms with Gasteiger partial charge in [0.2, 0.25) is 23.6 Å². The smallest absolute Gasteiger partial charge is 0.245 e. The van der Waals surface area contributed by atoms with Crippen LogP contribution in [0.25, 0.3) is 0 Å². The highest BCUT2D eigenvalue weighted by atomic mass is 32.2. The maximum atomic E-state index is 12.5. The summed E-state index contributed by atoms with van der Waals surface area (Å²) in [5.74, 6) is -1.09. The van der Waals surface area contributed by atoms with Crippen molar-refractivity contribution in [3.63, 3.8) is 0 Å². The lowest BCUT2D eigenvalue weighted by molar-refractivity contribution is -0.141.